The molecular formula is C19H15N5O5. The van der Waals surface area contributed by atoms with Crippen molar-refractivity contribution in [3.8, 4) is 11.9 Å². The zero-order chi connectivity index (χ0) is 20.9. The van der Waals surface area contributed by atoms with Crippen LogP contribution in [0.5, 0.6) is 5.88 Å². The van der Waals surface area contributed by atoms with E-state index in [-0.39, 0.29) is 40.9 Å². The van der Waals surface area contributed by atoms with Crippen LogP contribution >= 0.6 is 0 Å². The molecule has 2 aliphatic heterocycles. The lowest BCUT2D eigenvalue weighted by atomic mass is 9.69. The Kier molecular flexibility index (Phi) is 3.90. The highest BCUT2D eigenvalue weighted by Crippen LogP contribution is 2.55. The fourth-order valence-corrected chi connectivity index (χ4v) is 3.88. The number of hydrogen-bond acceptors (Lipinski definition) is 8. The van der Waals surface area contributed by atoms with Gasteiger partial charge in [-0.3, -0.25) is 14.7 Å². The summed E-state index contributed by atoms with van der Waals surface area (Å²) in [5.74, 6) is -2.56. The quantitative estimate of drug-likeness (QED) is 0.713. The van der Waals surface area contributed by atoms with Crippen LogP contribution < -0.4 is 15.4 Å². The van der Waals surface area contributed by atoms with Gasteiger partial charge in [-0.15, -0.1) is 5.10 Å². The first-order chi connectivity index (χ1) is 13.9. The van der Waals surface area contributed by atoms with E-state index in [1.54, 1.807) is 31.2 Å². The highest BCUT2D eigenvalue weighted by Gasteiger charge is 2.62. The second-order valence-electron chi connectivity index (χ2n) is 6.38. The summed E-state index contributed by atoms with van der Waals surface area (Å²) in [4.78, 5) is 39.5. The number of para-hydroxylation sites is 1. The number of nitrogens with zero attached hydrogens (tertiary/aromatic N) is 3. The van der Waals surface area contributed by atoms with Crippen LogP contribution in [0.3, 0.4) is 0 Å². The van der Waals surface area contributed by atoms with Gasteiger partial charge >= 0.3 is 5.97 Å². The van der Waals surface area contributed by atoms with E-state index in [2.05, 4.69) is 10.2 Å². The van der Waals surface area contributed by atoms with Crippen molar-refractivity contribution < 1.29 is 23.9 Å². The normalized spacial score (nSPS) is 19.5. The van der Waals surface area contributed by atoms with Gasteiger partial charge in [0.15, 0.2) is 5.69 Å². The molecule has 4 rings (SSSR count). The number of nitrogens with two attached hydrogens (primary N) is 1. The standard InChI is InChI=1S/C19H15N5O5/c1-3-28-17(26)14-13-16(23-22-14)29-15(21)11(8-20)19(13)10-6-4-5-7-12(10)24(9(2)25)18(19)27/h4-7H,3,21H2,1-2H3,(H,22,23). The topological polar surface area (TPSA) is 151 Å². The van der Waals surface area contributed by atoms with Gasteiger partial charge in [-0.25, -0.2) is 9.69 Å². The predicted molar refractivity (Wildman–Crippen MR) is 97.4 cm³/mol. The molecule has 0 radical (unpaired) electrons. The Balaban J connectivity index is 2.14. The van der Waals surface area contributed by atoms with E-state index < -0.39 is 23.2 Å². The van der Waals surface area contributed by atoms with Gasteiger partial charge in [0.05, 0.1) is 17.9 Å². The lowest BCUT2D eigenvalue weighted by Gasteiger charge is -2.32. The number of ether oxygens (including phenoxy) is 2. The van der Waals surface area contributed by atoms with Crippen molar-refractivity contribution in [2.75, 3.05) is 11.5 Å². The number of esters is 1. The van der Waals surface area contributed by atoms with Crippen LogP contribution in [0.25, 0.3) is 0 Å². The maximum atomic E-state index is 13.7. The Hall–Kier alpha value is -4.13. The molecule has 3 N–H and O–H groups in total. The number of carbonyl (C=O) groups is 3. The first kappa shape index (κ1) is 18.2. The molecule has 0 aliphatic carbocycles. The molecule has 1 atom stereocenters. The largest absolute Gasteiger partial charge is 0.461 e. The molecule has 2 aliphatic rings. The van der Waals surface area contributed by atoms with Gasteiger partial charge in [-0.1, -0.05) is 18.2 Å². The van der Waals surface area contributed by atoms with Crippen molar-refractivity contribution in [1.29, 1.82) is 5.26 Å². The summed E-state index contributed by atoms with van der Waals surface area (Å²) in [5.41, 5.74) is 4.28. The number of fused-ring (bicyclic) bond motifs is 4. The third-order valence-corrected chi connectivity index (χ3v) is 4.92. The van der Waals surface area contributed by atoms with Crippen LogP contribution in [0.1, 0.15) is 35.5 Å². The van der Waals surface area contributed by atoms with Crippen LogP contribution in [-0.2, 0) is 19.7 Å². The van der Waals surface area contributed by atoms with Gasteiger partial charge in [0.1, 0.15) is 17.1 Å². The van der Waals surface area contributed by atoms with Gasteiger partial charge in [0.2, 0.25) is 17.7 Å². The number of carbonyl (C=O) groups excluding carboxylic acids is 3. The van der Waals surface area contributed by atoms with E-state index in [4.69, 9.17) is 15.2 Å². The Morgan fingerprint density at radius 2 is 2.14 bits per heavy atom. The number of aromatic amines is 1. The fourth-order valence-electron chi connectivity index (χ4n) is 3.88. The molecule has 10 heteroatoms. The predicted octanol–water partition coefficient (Wildman–Crippen LogP) is 0.852. The van der Waals surface area contributed by atoms with Gasteiger partial charge in [-0.2, -0.15) is 5.26 Å². The molecule has 3 heterocycles. The minimum absolute atomic E-state index is 0.0112. The summed E-state index contributed by atoms with van der Waals surface area (Å²) < 4.78 is 10.5. The molecule has 0 bridgehead atoms. The SMILES string of the molecule is CCOC(=O)c1[nH]nc2c1C1(C(=O)N(C(C)=O)c3ccccc31)C(C#N)=C(N)O2. The van der Waals surface area contributed by atoms with Gasteiger partial charge < -0.3 is 15.2 Å². The molecule has 10 nitrogen and oxygen atoms in total. The molecule has 0 saturated heterocycles. The Labute approximate surface area is 164 Å². The maximum Gasteiger partial charge on any atom is 0.356 e. The second kappa shape index (κ2) is 6.20. The van der Waals surface area contributed by atoms with Crippen LogP contribution in [0.15, 0.2) is 35.7 Å². The fraction of sp³-hybridized carbons (Fsp3) is 0.211. The number of anilines is 1. The number of amides is 2. The third kappa shape index (κ3) is 2.15. The van der Waals surface area contributed by atoms with E-state index in [9.17, 15) is 19.6 Å². The van der Waals surface area contributed by atoms with Crippen molar-refractivity contribution in [3.05, 3.63) is 52.5 Å². The third-order valence-electron chi connectivity index (χ3n) is 4.92. The van der Waals surface area contributed by atoms with Gasteiger partial charge in [-0.05, 0) is 13.0 Å². The van der Waals surface area contributed by atoms with Crippen LogP contribution in [0.4, 0.5) is 5.69 Å². The number of nitrogens with one attached hydrogen (secondary N) is 1. The summed E-state index contributed by atoms with van der Waals surface area (Å²) in [6.07, 6.45) is 0. The van der Waals surface area contributed by atoms with Crippen molar-refractivity contribution in [2.24, 2.45) is 5.73 Å². The van der Waals surface area contributed by atoms with E-state index in [1.165, 1.54) is 6.92 Å². The average molecular weight is 393 g/mol. The van der Waals surface area contributed by atoms with Crippen LogP contribution in [-0.4, -0.2) is 34.6 Å². The molecular weight excluding hydrogens is 378 g/mol. The summed E-state index contributed by atoms with van der Waals surface area (Å²) in [6, 6.07) is 8.40. The molecule has 1 spiro atoms. The molecule has 0 saturated carbocycles. The minimum atomic E-state index is -1.87. The number of aromatic nitrogens is 2. The minimum Gasteiger partial charge on any atom is -0.461 e. The van der Waals surface area contributed by atoms with Crippen molar-refractivity contribution in [3.63, 3.8) is 0 Å². The van der Waals surface area contributed by atoms with Crippen LogP contribution in [0, 0.1) is 11.3 Å². The van der Waals surface area contributed by atoms with Crippen molar-refractivity contribution >= 4 is 23.5 Å². The first-order valence-corrected chi connectivity index (χ1v) is 8.68. The summed E-state index contributed by atoms with van der Waals surface area (Å²) in [7, 11) is 0. The number of H-pyrrole nitrogens is 1. The lowest BCUT2D eigenvalue weighted by molar-refractivity contribution is -0.126. The second-order valence-corrected chi connectivity index (χ2v) is 6.38. The highest BCUT2D eigenvalue weighted by molar-refractivity contribution is 6.26. The monoisotopic (exact) mass is 393 g/mol. The number of nitriles is 1. The number of rotatable bonds is 2. The van der Waals surface area contributed by atoms with Crippen molar-refractivity contribution in [2.45, 2.75) is 19.3 Å². The smallest absolute Gasteiger partial charge is 0.356 e. The van der Waals surface area contributed by atoms with Crippen LogP contribution in [0.2, 0.25) is 0 Å². The Morgan fingerprint density at radius 3 is 2.79 bits per heavy atom. The number of benzene rings is 1. The van der Waals surface area contributed by atoms with E-state index >= 15 is 0 Å². The average Bonchev–Trinajstić information content (AvgIpc) is 3.21. The van der Waals surface area contributed by atoms with E-state index in [0.29, 0.717) is 5.56 Å². The van der Waals surface area contributed by atoms with E-state index in [1.807, 2.05) is 6.07 Å². The summed E-state index contributed by atoms with van der Waals surface area (Å²) in [5, 5.41) is 16.3. The lowest BCUT2D eigenvalue weighted by Crippen LogP contribution is -2.47. The number of imide groups is 1. The molecule has 1 aromatic carbocycles. The zero-order valence-electron chi connectivity index (χ0n) is 15.5. The Morgan fingerprint density at radius 1 is 1.41 bits per heavy atom. The molecule has 2 aromatic rings. The highest BCUT2D eigenvalue weighted by atomic mass is 16.5. The molecule has 1 aromatic heterocycles. The first-order valence-electron chi connectivity index (χ1n) is 8.68. The summed E-state index contributed by atoms with van der Waals surface area (Å²) >= 11 is 0. The molecule has 29 heavy (non-hydrogen) atoms. The Bertz CT molecular complexity index is 1160. The number of hydrogen-bond donors (Lipinski definition) is 2. The molecule has 0 fully saturated rings. The van der Waals surface area contributed by atoms with Crippen molar-refractivity contribution in [1.82, 2.24) is 10.2 Å². The molecule has 1 unspecified atom stereocenters. The summed E-state index contributed by atoms with van der Waals surface area (Å²) in [6.45, 7) is 2.93. The van der Waals surface area contributed by atoms with E-state index in [0.717, 1.165) is 4.90 Å². The molecule has 2 amide bonds. The van der Waals surface area contributed by atoms with Gasteiger partial charge in [0.25, 0.3) is 5.91 Å². The molecule has 146 valence electrons. The van der Waals surface area contributed by atoms with Gasteiger partial charge in [0, 0.05) is 12.5 Å². The maximum absolute atomic E-state index is 13.7. The zero-order valence-corrected chi connectivity index (χ0v) is 15.5.